The summed E-state index contributed by atoms with van der Waals surface area (Å²) in [7, 11) is 0. The second-order valence-corrected chi connectivity index (χ2v) is 5.90. The molecule has 26 heavy (non-hydrogen) atoms. The number of para-hydroxylation sites is 1. The molecule has 0 aliphatic carbocycles. The number of ether oxygens (including phenoxy) is 1. The lowest BCUT2D eigenvalue weighted by Gasteiger charge is -2.08. The first-order valence-electron chi connectivity index (χ1n) is 7.86. The molecule has 0 spiro atoms. The summed E-state index contributed by atoms with van der Waals surface area (Å²) in [6.45, 7) is 0.273. The summed E-state index contributed by atoms with van der Waals surface area (Å²) in [6, 6.07) is 21.3. The summed E-state index contributed by atoms with van der Waals surface area (Å²) in [5, 5.41) is 11.1. The van der Waals surface area contributed by atoms with E-state index in [0.29, 0.717) is 10.8 Å². The van der Waals surface area contributed by atoms with Gasteiger partial charge in [0.1, 0.15) is 12.4 Å². The Bertz CT molecular complexity index is 926. The third kappa shape index (κ3) is 4.68. The molecule has 5 nitrogen and oxygen atoms in total. The van der Waals surface area contributed by atoms with Gasteiger partial charge in [0.15, 0.2) is 0 Å². The second kappa shape index (κ2) is 8.27. The van der Waals surface area contributed by atoms with Crippen molar-refractivity contribution in [2.24, 2.45) is 4.99 Å². The molecular weight excluding hydrogens is 352 g/mol. The Morgan fingerprint density at radius 2 is 1.77 bits per heavy atom. The number of nitro groups is 1. The minimum atomic E-state index is -0.433. The largest absolute Gasteiger partial charge is 0.487 e. The molecule has 0 N–H and O–H groups in total. The molecule has 3 aromatic rings. The van der Waals surface area contributed by atoms with Gasteiger partial charge in [0.2, 0.25) is 0 Å². The van der Waals surface area contributed by atoms with Crippen molar-refractivity contribution in [1.82, 2.24) is 0 Å². The van der Waals surface area contributed by atoms with Crippen molar-refractivity contribution in [1.29, 1.82) is 0 Å². The average molecular weight is 367 g/mol. The number of halogens is 1. The number of hydrogen-bond donors (Lipinski definition) is 0. The molecule has 6 heteroatoms. The van der Waals surface area contributed by atoms with E-state index in [-0.39, 0.29) is 12.3 Å². The lowest BCUT2D eigenvalue weighted by molar-refractivity contribution is -0.384. The van der Waals surface area contributed by atoms with Gasteiger partial charge in [-0.15, -0.1) is 0 Å². The van der Waals surface area contributed by atoms with Gasteiger partial charge in [-0.25, -0.2) is 0 Å². The van der Waals surface area contributed by atoms with Crippen molar-refractivity contribution in [3.8, 4) is 5.75 Å². The molecule has 0 fully saturated rings. The summed E-state index contributed by atoms with van der Waals surface area (Å²) >= 11 is 6.27. The molecule has 0 unspecified atom stereocenters. The Morgan fingerprint density at radius 1 is 1.04 bits per heavy atom. The highest BCUT2D eigenvalue weighted by atomic mass is 35.5. The summed E-state index contributed by atoms with van der Waals surface area (Å²) in [6.07, 6.45) is 1.74. The molecule has 0 saturated heterocycles. The Hall–Kier alpha value is -3.18. The van der Waals surface area contributed by atoms with E-state index in [1.807, 2.05) is 36.4 Å². The van der Waals surface area contributed by atoms with Gasteiger partial charge in [-0.2, -0.15) is 0 Å². The molecule has 130 valence electrons. The summed E-state index contributed by atoms with van der Waals surface area (Å²) < 4.78 is 5.69. The van der Waals surface area contributed by atoms with Crippen LogP contribution < -0.4 is 4.74 Å². The number of aliphatic imine (C=N–C) groups is 1. The lowest BCUT2D eigenvalue weighted by Crippen LogP contribution is -1.97. The monoisotopic (exact) mass is 366 g/mol. The van der Waals surface area contributed by atoms with E-state index in [4.69, 9.17) is 16.3 Å². The van der Waals surface area contributed by atoms with Crippen molar-refractivity contribution < 1.29 is 9.66 Å². The highest BCUT2D eigenvalue weighted by Crippen LogP contribution is 2.26. The van der Waals surface area contributed by atoms with Crippen LogP contribution in [0.2, 0.25) is 5.02 Å². The predicted molar refractivity (Wildman–Crippen MR) is 103 cm³/mol. The third-order valence-corrected chi connectivity index (χ3v) is 3.91. The first-order chi connectivity index (χ1) is 12.6. The van der Waals surface area contributed by atoms with E-state index in [2.05, 4.69) is 4.99 Å². The van der Waals surface area contributed by atoms with Crippen LogP contribution in [0.4, 0.5) is 11.4 Å². The number of hydrogen-bond acceptors (Lipinski definition) is 4. The Labute approximate surface area is 155 Å². The van der Waals surface area contributed by atoms with Crippen LogP contribution in [-0.2, 0) is 6.61 Å². The molecule has 0 aliphatic rings. The fourth-order valence-corrected chi connectivity index (χ4v) is 2.50. The molecule has 0 saturated carbocycles. The van der Waals surface area contributed by atoms with Crippen LogP contribution in [0.15, 0.2) is 77.8 Å². The maximum absolute atomic E-state index is 10.7. The number of benzene rings is 3. The quantitative estimate of drug-likeness (QED) is 0.325. The second-order valence-electron chi connectivity index (χ2n) is 5.50. The van der Waals surface area contributed by atoms with Crippen LogP contribution in [0.1, 0.15) is 11.1 Å². The normalized spacial score (nSPS) is 10.8. The van der Waals surface area contributed by atoms with E-state index in [0.717, 1.165) is 16.8 Å². The maximum Gasteiger partial charge on any atom is 0.269 e. The lowest BCUT2D eigenvalue weighted by atomic mass is 10.2. The number of rotatable bonds is 6. The summed E-state index contributed by atoms with van der Waals surface area (Å²) in [4.78, 5) is 14.6. The summed E-state index contributed by atoms with van der Waals surface area (Å²) in [5.74, 6) is 0.543. The van der Waals surface area contributed by atoms with Crippen LogP contribution in [0.25, 0.3) is 0 Å². The van der Waals surface area contributed by atoms with Crippen molar-refractivity contribution >= 4 is 29.2 Å². The van der Waals surface area contributed by atoms with Gasteiger partial charge in [0.05, 0.1) is 15.6 Å². The zero-order chi connectivity index (χ0) is 18.4. The van der Waals surface area contributed by atoms with E-state index in [1.54, 1.807) is 30.5 Å². The molecule has 3 rings (SSSR count). The zero-order valence-electron chi connectivity index (χ0n) is 13.7. The van der Waals surface area contributed by atoms with Crippen LogP contribution in [0, 0.1) is 10.1 Å². The first-order valence-corrected chi connectivity index (χ1v) is 8.24. The van der Waals surface area contributed by atoms with Crippen molar-refractivity contribution in [2.45, 2.75) is 6.61 Å². The van der Waals surface area contributed by atoms with Crippen LogP contribution in [-0.4, -0.2) is 11.1 Å². The predicted octanol–water partition coefficient (Wildman–Crippen LogP) is 5.58. The smallest absolute Gasteiger partial charge is 0.269 e. The zero-order valence-corrected chi connectivity index (χ0v) is 14.5. The first kappa shape index (κ1) is 17.6. The van der Waals surface area contributed by atoms with Gasteiger partial charge in [-0.05, 0) is 53.6 Å². The number of non-ortho nitro benzene ring substituents is 1. The minimum absolute atomic E-state index is 0.0499. The third-order valence-electron chi connectivity index (χ3n) is 3.62. The Kier molecular flexibility index (Phi) is 5.61. The molecule has 0 atom stereocenters. The number of nitrogens with zero attached hydrogens (tertiary/aromatic N) is 2. The van der Waals surface area contributed by atoms with Gasteiger partial charge in [-0.1, -0.05) is 29.8 Å². The Balaban J connectivity index is 1.64. The molecule has 0 radical (unpaired) electrons. The molecular formula is C20H15ClN2O3. The standard InChI is InChI=1S/C20H15ClN2O3/c21-19-12-16(13-22-17-4-2-1-3-5-17)8-11-20(19)26-14-15-6-9-18(10-7-15)23(24)25/h1-13H,14H2. The molecule has 0 aliphatic heterocycles. The van der Waals surface area contributed by atoms with Gasteiger partial charge in [-0.3, -0.25) is 15.1 Å². The summed E-state index contributed by atoms with van der Waals surface area (Å²) in [5.41, 5.74) is 2.60. The Morgan fingerprint density at radius 3 is 2.42 bits per heavy atom. The van der Waals surface area contributed by atoms with E-state index >= 15 is 0 Å². The fourth-order valence-electron chi connectivity index (χ4n) is 2.25. The van der Waals surface area contributed by atoms with Gasteiger partial charge in [0.25, 0.3) is 5.69 Å². The number of nitro benzene ring substituents is 1. The van der Waals surface area contributed by atoms with Gasteiger partial charge >= 0.3 is 0 Å². The van der Waals surface area contributed by atoms with E-state index < -0.39 is 4.92 Å². The minimum Gasteiger partial charge on any atom is -0.487 e. The molecule has 0 heterocycles. The van der Waals surface area contributed by atoms with E-state index in [9.17, 15) is 10.1 Å². The average Bonchev–Trinajstić information content (AvgIpc) is 2.67. The van der Waals surface area contributed by atoms with Gasteiger partial charge < -0.3 is 4.74 Å². The van der Waals surface area contributed by atoms with Crippen LogP contribution in [0.5, 0.6) is 5.75 Å². The molecule has 0 aromatic heterocycles. The molecule has 0 bridgehead atoms. The maximum atomic E-state index is 10.7. The van der Waals surface area contributed by atoms with Crippen molar-refractivity contribution in [3.63, 3.8) is 0 Å². The van der Waals surface area contributed by atoms with Crippen LogP contribution in [0.3, 0.4) is 0 Å². The van der Waals surface area contributed by atoms with Crippen molar-refractivity contribution in [2.75, 3.05) is 0 Å². The molecule has 3 aromatic carbocycles. The van der Waals surface area contributed by atoms with Crippen LogP contribution >= 0.6 is 11.6 Å². The van der Waals surface area contributed by atoms with E-state index in [1.165, 1.54) is 12.1 Å². The SMILES string of the molecule is O=[N+]([O-])c1ccc(COc2ccc(C=Nc3ccccc3)cc2Cl)cc1. The topological polar surface area (TPSA) is 64.7 Å². The molecule has 0 amide bonds. The highest BCUT2D eigenvalue weighted by Gasteiger charge is 2.06. The fraction of sp³-hybridized carbons (Fsp3) is 0.0500. The van der Waals surface area contributed by atoms with Crippen molar-refractivity contribution in [3.05, 3.63) is 99.1 Å². The highest BCUT2D eigenvalue weighted by molar-refractivity contribution is 6.32. The van der Waals surface area contributed by atoms with Gasteiger partial charge in [0, 0.05) is 18.3 Å².